The van der Waals surface area contributed by atoms with Gasteiger partial charge in [-0.1, -0.05) is 18.2 Å². The molecule has 1 fully saturated rings. The number of methoxy groups -OCH3 is 1. The smallest absolute Gasteiger partial charge is 0.262 e. The van der Waals surface area contributed by atoms with Crippen LogP contribution in [0.2, 0.25) is 0 Å². The third kappa shape index (κ3) is 6.10. The summed E-state index contributed by atoms with van der Waals surface area (Å²) in [6.07, 6.45) is 1.94. The van der Waals surface area contributed by atoms with Gasteiger partial charge in [0.05, 0.1) is 7.11 Å². The lowest BCUT2D eigenvalue weighted by Crippen LogP contribution is -2.32. The van der Waals surface area contributed by atoms with E-state index < -0.39 is 0 Å². The molecule has 0 aliphatic heterocycles. The van der Waals surface area contributed by atoms with Crippen LogP contribution in [0.4, 0.5) is 10.1 Å². The Morgan fingerprint density at radius 3 is 2.39 bits per heavy atom. The van der Waals surface area contributed by atoms with E-state index in [9.17, 15) is 14.0 Å². The molecule has 4 rings (SSSR count). The van der Waals surface area contributed by atoms with Crippen molar-refractivity contribution >= 4 is 17.5 Å². The number of carbonyl (C=O) groups excluding carboxylic acids is 2. The Morgan fingerprint density at radius 1 is 1.00 bits per heavy atom. The van der Waals surface area contributed by atoms with Crippen molar-refractivity contribution in [3.8, 4) is 11.5 Å². The normalized spacial score (nSPS) is 12.7. The molecule has 170 valence electrons. The maximum atomic E-state index is 13.2. The third-order valence-electron chi connectivity index (χ3n) is 5.34. The van der Waals surface area contributed by atoms with Crippen LogP contribution >= 0.6 is 0 Å². The predicted octanol–water partition coefficient (Wildman–Crippen LogP) is 4.66. The molecule has 0 saturated heterocycles. The van der Waals surface area contributed by atoms with Gasteiger partial charge in [0.2, 0.25) is 0 Å². The van der Waals surface area contributed by atoms with E-state index in [4.69, 9.17) is 9.47 Å². The second kappa shape index (κ2) is 10.2. The number of nitrogens with one attached hydrogen (secondary N) is 1. The molecule has 1 N–H and O–H groups in total. The zero-order valence-electron chi connectivity index (χ0n) is 18.3. The molecule has 0 heterocycles. The first-order valence-corrected chi connectivity index (χ1v) is 10.7. The molecule has 0 spiro atoms. The summed E-state index contributed by atoms with van der Waals surface area (Å²) in [5, 5.41) is 2.75. The van der Waals surface area contributed by atoms with Crippen molar-refractivity contribution in [1.29, 1.82) is 0 Å². The van der Waals surface area contributed by atoms with Crippen molar-refractivity contribution in [2.45, 2.75) is 25.4 Å². The van der Waals surface area contributed by atoms with E-state index in [1.165, 1.54) is 12.1 Å². The second-order valence-electron chi connectivity index (χ2n) is 7.88. The van der Waals surface area contributed by atoms with E-state index in [0.717, 1.165) is 18.4 Å². The molecule has 3 aromatic carbocycles. The van der Waals surface area contributed by atoms with Gasteiger partial charge in [0.25, 0.3) is 11.8 Å². The largest absolute Gasteiger partial charge is 0.497 e. The molecular weight excluding hydrogens is 423 g/mol. The van der Waals surface area contributed by atoms with Gasteiger partial charge in [-0.15, -0.1) is 0 Å². The molecule has 3 aromatic rings. The minimum absolute atomic E-state index is 0.0795. The van der Waals surface area contributed by atoms with Crippen LogP contribution in [-0.2, 0) is 11.3 Å². The lowest BCUT2D eigenvalue weighted by molar-refractivity contribution is -0.118. The topological polar surface area (TPSA) is 67.9 Å². The minimum atomic E-state index is -0.303. The summed E-state index contributed by atoms with van der Waals surface area (Å²) in [7, 11) is 1.56. The van der Waals surface area contributed by atoms with Crippen LogP contribution in [0.1, 0.15) is 28.8 Å². The number of halogens is 1. The quantitative estimate of drug-likeness (QED) is 0.517. The van der Waals surface area contributed by atoms with Crippen LogP contribution in [0.5, 0.6) is 11.5 Å². The zero-order valence-corrected chi connectivity index (χ0v) is 18.3. The van der Waals surface area contributed by atoms with Gasteiger partial charge in [-0.2, -0.15) is 0 Å². The first-order valence-electron chi connectivity index (χ1n) is 10.7. The van der Waals surface area contributed by atoms with E-state index in [1.807, 2.05) is 4.90 Å². The number of amides is 2. The molecule has 0 atom stereocenters. The molecule has 7 heteroatoms. The molecule has 0 bridgehead atoms. The Balaban J connectivity index is 1.33. The van der Waals surface area contributed by atoms with Gasteiger partial charge in [0.15, 0.2) is 6.61 Å². The first-order chi connectivity index (χ1) is 16.0. The van der Waals surface area contributed by atoms with Gasteiger partial charge in [-0.3, -0.25) is 9.59 Å². The van der Waals surface area contributed by atoms with E-state index >= 15 is 0 Å². The van der Waals surface area contributed by atoms with E-state index in [0.29, 0.717) is 29.3 Å². The molecule has 0 aromatic heterocycles. The van der Waals surface area contributed by atoms with Crippen LogP contribution in [0.25, 0.3) is 0 Å². The fraction of sp³-hybridized carbons (Fsp3) is 0.231. The van der Waals surface area contributed by atoms with Crippen LogP contribution in [0, 0.1) is 5.82 Å². The average Bonchev–Trinajstić information content (AvgIpc) is 3.68. The Morgan fingerprint density at radius 2 is 1.73 bits per heavy atom. The van der Waals surface area contributed by atoms with E-state index in [-0.39, 0.29) is 30.3 Å². The summed E-state index contributed by atoms with van der Waals surface area (Å²) in [5.74, 6) is 0.458. The number of benzene rings is 3. The Hall–Kier alpha value is -3.87. The van der Waals surface area contributed by atoms with Gasteiger partial charge in [-0.05, 0) is 66.9 Å². The molecule has 1 aliphatic carbocycles. The molecular formula is C26H25FN2O4. The van der Waals surface area contributed by atoms with Crippen molar-refractivity contribution < 1.29 is 23.5 Å². The number of ether oxygens (including phenoxy) is 2. The number of hydrogen-bond acceptors (Lipinski definition) is 4. The summed E-state index contributed by atoms with van der Waals surface area (Å²) >= 11 is 0. The standard InChI is InChI=1S/C26H25FN2O4/c1-32-24-4-2-3-21(15-24)28-25(30)17-33-23-13-7-19(8-14-23)26(31)29(22-11-12-22)16-18-5-9-20(27)10-6-18/h2-10,13-15,22H,11-12,16-17H2,1H3,(H,28,30). The highest BCUT2D eigenvalue weighted by molar-refractivity contribution is 5.95. The average molecular weight is 448 g/mol. The summed E-state index contributed by atoms with van der Waals surface area (Å²) in [6, 6.07) is 20.2. The molecule has 0 unspecified atom stereocenters. The molecule has 2 amide bonds. The van der Waals surface area contributed by atoms with Crippen molar-refractivity contribution in [1.82, 2.24) is 4.90 Å². The number of anilines is 1. The van der Waals surface area contributed by atoms with Gasteiger partial charge in [0, 0.05) is 29.9 Å². The maximum Gasteiger partial charge on any atom is 0.262 e. The van der Waals surface area contributed by atoms with Crippen molar-refractivity contribution in [3.05, 3.63) is 89.7 Å². The first kappa shape index (κ1) is 22.3. The predicted molar refractivity (Wildman–Crippen MR) is 123 cm³/mol. The number of rotatable bonds is 9. The molecule has 1 aliphatic rings. The van der Waals surface area contributed by atoms with Gasteiger partial charge < -0.3 is 19.7 Å². The van der Waals surface area contributed by atoms with Gasteiger partial charge in [0.1, 0.15) is 17.3 Å². The maximum absolute atomic E-state index is 13.2. The Kier molecular flexibility index (Phi) is 6.88. The molecule has 33 heavy (non-hydrogen) atoms. The monoisotopic (exact) mass is 448 g/mol. The fourth-order valence-corrected chi connectivity index (χ4v) is 3.45. The highest BCUT2D eigenvalue weighted by atomic mass is 19.1. The van der Waals surface area contributed by atoms with Crippen LogP contribution < -0.4 is 14.8 Å². The van der Waals surface area contributed by atoms with Gasteiger partial charge >= 0.3 is 0 Å². The second-order valence-corrected chi connectivity index (χ2v) is 7.88. The van der Waals surface area contributed by atoms with Crippen molar-refractivity contribution in [2.24, 2.45) is 0 Å². The lowest BCUT2D eigenvalue weighted by Gasteiger charge is -2.23. The fourth-order valence-electron chi connectivity index (χ4n) is 3.45. The van der Waals surface area contributed by atoms with Crippen LogP contribution in [0.15, 0.2) is 72.8 Å². The SMILES string of the molecule is COc1cccc(NC(=O)COc2ccc(C(=O)N(Cc3ccc(F)cc3)C3CC3)cc2)c1. The van der Waals surface area contributed by atoms with E-state index in [2.05, 4.69) is 5.32 Å². The lowest BCUT2D eigenvalue weighted by atomic mass is 10.1. The highest BCUT2D eigenvalue weighted by Gasteiger charge is 2.33. The van der Waals surface area contributed by atoms with Crippen LogP contribution in [-0.4, -0.2) is 36.5 Å². The minimum Gasteiger partial charge on any atom is -0.497 e. The van der Waals surface area contributed by atoms with Crippen molar-refractivity contribution in [2.75, 3.05) is 19.0 Å². The summed E-state index contributed by atoms with van der Waals surface area (Å²) in [5.41, 5.74) is 2.04. The molecule has 1 saturated carbocycles. The number of carbonyl (C=O) groups is 2. The molecule has 0 radical (unpaired) electrons. The van der Waals surface area contributed by atoms with E-state index in [1.54, 1.807) is 67.8 Å². The number of hydrogen-bond donors (Lipinski definition) is 1. The van der Waals surface area contributed by atoms with Crippen molar-refractivity contribution in [3.63, 3.8) is 0 Å². The number of nitrogens with zero attached hydrogens (tertiary/aromatic N) is 1. The summed E-state index contributed by atoms with van der Waals surface area (Å²) in [4.78, 5) is 27.1. The Labute approximate surface area is 191 Å². The summed E-state index contributed by atoms with van der Waals surface area (Å²) < 4.78 is 23.9. The van der Waals surface area contributed by atoms with Gasteiger partial charge in [-0.25, -0.2) is 4.39 Å². The summed E-state index contributed by atoms with van der Waals surface area (Å²) in [6.45, 7) is 0.274. The van der Waals surface area contributed by atoms with Crippen LogP contribution in [0.3, 0.4) is 0 Å². The highest BCUT2D eigenvalue weighted by Crippen LogP contribution is 2.30. The zero-order chi connectivity index (χ0) is 23.2. The third-order valence-corrected chi connectivity index (χ3v) is 5.34. The Bertz CT molecular complexity index is 1110. The molecule has 6 nitrogen and oxygen atoms in total.